The standard InChI is InChI=1S/C14H18N2O3S/c15-11-7-2-1-3-8-12(11)19-14-10-6-4-5-9-13(10)20(17,18)16-14/h4-6,9,11-12H,1-3,7-8,15H2. The van der Waals surface area contributed by atoms with Crippen molar-refractivity contribution in [2.45, 2.75) is 49.1 Å². The third kappa shape index (κ3) is 2.45. The van der Waals surface area contributed by atoms with Gasteiger partial charge in [-0.3, -0.25) is 0 Å². The third-order valence-corrected chi connectivity index (χ3v) is 5.18. The quantitative estimate of drug-likeness (QED) is 0.801. The third-order valence-electron chi connectivity index (χ3n) is 3.87. The number of ether oxygens (including phenoxy) is 1. The first kappa shape index (κ1) is 13.6. The van der Waals surface area contributed by atoms with Gasteiger partial charge < -0.3 is 10.5 Å². The molecule has 1 aromatic carbocycles. The number of sulfonamides is 1. The van der Waals surface area contributed by atoms with Crippen LogP contribution < -0.4 is 5.73 Å². The molecular formula is C14H18N2O3S. The molecule has 108 valence electrons. The second kappa shape index (κ2) is 5.18. The number of rotatable bonds is 1. The van der Waals surface area contributed by atoms with E-state index < -0.39 is 10.0 Å². The van der Waals surface area contributed by atoms with Crippen molar-refractivity contribution < 1.29 is 13.2 Å². The maximum Gasteiger partial charge on any atom is 0.286 e. The summed E-state index contributed by atoms with van der Waals surface area (Å²) in [5.74, 6) is 0.197. The molecule has 1 heterocycles. The van der Waals surface area contributed by atoms with Crippen molar-refractivity contribution in [3.63, 3.8) is 0 Å². The molecule has 2 atom stereocenters. The fourth-order valence-corrected chi connectivity index (χ4v) is 3.89. The van der Waals surface area contributed by atoms with Gasteiger partial charge in [-0.25, -0.2) is 0 Å². The Morgan fingerprint density at radius 1 is 1.15 bits per heavy atom. The Bertz CT molecular complexity index is 640. The van der Waals surface area contributed by atoms with E-state index in [-0.39, 0.29) is 22.9 Å². The van der Waals surface area contributed by atoms with Crippen molar-refractivity contribution in [3.05, 3.63) is 29.8 Å². The van der Waals surface area contributed by atoms with E-state index in [2.05, 4.69) is 4.40 Å². The Kier molecular flexibility index (Phi) is 3.52. The van der Waals surface area contributed by atoms with Gasteiger partial charge in [0.2, 0.25) is 5.90 Å². The summed E-state index contributed by atoms with van der Waals surface area (Å²) in [6, 6.07) is 6.69. The minimum absolute atomic E-state index is 0.0596. The molecule has 2 aliphatic rings. The van der Waals surface area contributed by atoms with Crippen molar-refractivity contribution in [1.82, 2.24) is 0 Å². The molecule has 2 unspecified atom stereocenters. The van der Waals surface area contributed by atoms with Gasteiger partial charge in [0.1, 0.15) is 11.0 Å². The monoisotopic (exact) mass is 294 g/mol. The molecule has 20 heavy (non-hydrogen) atoms. The van der Waals surface area contributed by atoms with E-state index in [0.717, 1.165) is 32.1 Å². The lowest BCUT2D eigenvalue weighted by Crippen LogP contribution is -2.37. The predicted molar refractivity (Wildman–Crippen MR) is 76.1 cm³/mol. The van der Waals surface area contributed by atoms with E-state index in [9.17, 15) is 8.42 Å². The van der Waals surface area contributed by atoms with Crippen LogP contribution in [0.3, 0.4) is 0 Å². The average Bonchev–Trinajstić information content (AvgIpc) is 2.56. The lowest BCUT2D eigenvalue weighted by molar-refractivity contribution is 0.151. The molecule has 1 aliphatic heterocycles. The van der Waals surface area contributed by atoms with Crippen LogP contribution in [0.15, 0.2) is 33.6 Å². The number of hydrogen-bond acceptors (Lipinski definition) is 4. The first-order chi connectivity index (χ1) is 9.58. The lowest BCUT2D eigenvalue weighted by atomic mass is 10.1. The Balaban J connectivity index is 1.88. The summed E-state index contributed by atoms with van der Waals surface area (Å²) >= 11 is 0. The van der Waals surface area contributed by atoms with Crippen LogP contribution in [-0.4, -0.2) is 26.5 Å². The minimum atomic E-state index is -3.61. The van der Waals surface area contributed by atoms with E-state index >= 15 is 0 Å². The van der Waals surface area contributed by atoms with Gasteiger partial charge in [-0.1, -0.05) is 25.0 Å². The summed E-state index contributed by atoms with van der Waals surface area (Å²) in [6.45, 7) is 0. The molecule has 0 spiro atoms. The summed E-state index contributed by atoms with van der Waals surface area (Å²) < 4.78 is 33.5. The van der Waals surface area contributed by atoms with E-state index in [4.69, 9.17) is 10.5 Å². The van der Waals surface area contributed by atoms with Gasteiger partial charge in [-0.15, -0.1) is 4.40 Å². The molecule has 0 bridgehead atoms. The van der Waals surface area contributed by atoms with Crippen molar-refractivity contribution in [3.8, 4) is 0 Å². The molecule has 5 nitrogen and oxygen atoms in total. The maximum absolute atomic E-state index is 12.0. The van der Waals surface area contributed by atoms with Crippen LogP contribution in [0.4, 0.5) is 0 Å². The first-order valence-electron chi connectivity index (χ1n) is 6.94. The van der Waals surface area contributed by atoms with Gasteiger partial charge in [-0.2, -0.15) is 8.42 Å². The molecule has 0 radical (unpaired) electrons. The fraction of sp³-hybridized carbons (Fsp3) is 0.500. The highest BCUT2D eigenvalue weighted by molar-refractivity contribution is 7.90. The van der Waals surface area contributed by atoms with Gasteiger partial charge in [0.25, 0.3) is 10.0 Å². The Hall–Kier alpha value is -1.40. The van der Waals surface area contributed by atoms with Crippen LogP contribution in [0, 0.1) is 0 Å². The molecule has 0 saturated heterocycles. The molecule has 0 aromatic heterocycles. The second-order valence-electron chi connectivity index (χ2n) is 5.33. The van der Waals surface area contributed by atoms with Crippen molar-refractivity contribution in [1.29, 1.82) is 0 Å². The zero-order valence-corrected chi connectivity index (χ0v) is 12.0. The summed E-state index contributed by atoms with van der Waals surface area (Å²) in [6.07, 6.45) is 4.91. The maximum atomic E-state index is 12.0. The van der Waals surface area contributed by atoms with Crippen LogP contribution in [0.5, 0.6) is 0 Å². The fourth-order valence-electron chi connectivity index (χ4n) is 2.75. The van der Waals surface area contributed by atoms with E-state index in [0.29, 0.717) is 5.56 Å². The summed E-state index contributed by atoms with van der Waals surface area (Å²) in [4.78, 5) is 0.220. The van der Waals surface area contributed by atoms with Crippen LogP contribution >= 0.6 is 0 Å². The number of benzene rings is 1. The van der Waals surface area contributed by atoms with E-state index in [1.165, 1.54) is 0 Å². The van der Waals surface area contributed by atoms with Gasteiger partial charge in [0.05, 0.1) is 5.56 Å². The Morgan fingerprint density at radius 3 is 2.75 bits per heavy atom. The van der Waals surface area contributed by atoms with Gasteiger partial charge in [-0.05, 0) is 31.4 Å². The largest absolute Gasteiger partial charge is 0.472 e. The molecule has 2 N–H and O–H groups in total. The number of hydrogen-bond donors (Lipinski definition) is 1. The molecule has 6 heteroatoms. The summed E-state index contributed by atoms with van der Waals surface area (Å²) in [5, 5.41) is 0. The zero-order chi connectivity index (χ0) is 14.2. The Labute approximate surface area is 118 Å². The molecule has 1 aromatic rings. The van der Waals surface area contributed by atoms with Crippen LogP contribution in [0.2, 0.25) is 0 Å². The first-order valence-corrected chi connectivity index (χ1v) is 8.38. The van der Waals surface area contributed by atoms with Crippen LogP contribution in [0.1, 0.15) is 37.7 Å². The number of nitrogens with two attached hydrogens (primary N) is 1. The zero-order valence-electron chi connectivity index (χ0n) is 11.2. The number of nitrogens with zero attached hydrogens (tertiary/aromatic N) is 1. The minimum Gasteiger partial charge on any atom is -0.472 e. The van der Waals surface area contributed by atoms with Crippen LogP contribution in [0.25, 0.3) is 0 Å². The summed E-state index contributed by atoms with van der Waals surface area (Å²) in [5.41, 5.74) is 6.66. The molecule has 3 rings (SSSR count). The molecular weight excluding hydrogens is 276 g/mol. The highest BCUT2D eigenvalue weighted by Crippen LogP contribution is 2.28. The Morgan fingerprint density at radius 2 is 1.90 bits per heavy atom. The molecule has 0 amide bonds. The predicted octanol–water partition coefficient (Wildman–Crippen LogP) is 1.81. The van der Waals surface area contributed by atoms with Gasteiger partial charge >= 0.3 is 0 Å². The smallest absolute Gasteiger partial charge is 0.286 e. The van der Waals surface area contributed by atoms with E-state index in [1.807, 2.05) is 0 Å². The normalized spacial score (nSPS) is 28.4. The highest BCUT2D eigenvalue weighted by Gasteiger charge is 2.32. The van der Waals surface area contributed by atoms with Crippen LogP contribution in [-0.2, 0) is 14.8 Å². The van der Waals surface area contributed by atoms with Crippen molar-refractivity contribution in [2.75, 3.05) is 0 Å². The summed E-state index contributed by atoms with van der Waals surface area (Å²) in [7, 11) is -3.61. The van der Waals surface area contributed by atoms with E-state index in [1.54, 1.807) is 24.3 Å². The second-order valence-corrected chi connectivity index (χ2v) is 6.90. The lowest BCUT2D eigenvalue weighted by Gasteiger charge is -2.22. The highest BCUT2D eigenvalue weighted by atomic mass is 32.2. The molecule has 1 aliphatic carbocycles. The molecule has 1 fully saturated rings. The van der Waals surface area contributed by atoms with Gasteiger partial charge in [0, 0.05) is 6.04 Å². The average molecular weight is 294 g/mol. The molecule has 1 saturated carbocycles. The van der Waals surface area contributed by atoms with Crippen molar-refractivity contribution in [2.24, 2.45) is 10.1 Å². The van der Waals surface area contributed by atoms with Crippen molar-refractivity contribution >= 4 is 15.9 Å². The van der Waals surface area contributed by atoms with Gasteiger partial charge in [0.15, 0.2) is 0 Å². The SMILES string of the molecule is NC1CCCCCC1OC1=NS(=O)(=O)c2ccccc21. The number of fused-ring (bicyclic) bond motifs is 1. The topological polar surface area (TPSA) is 81.8 Å².